The van der Waals surface area contributed by atoms with Gasteiger partial charge in [-0.05, 0) is 27.0 Å². The maximum Gasteiger partial charge on any atom is 0.245 e. The first-order chi connectivity index (χ1) is 10.5. The summed E-state index contributed by atoms with van der Waals surface area (Å²) in [6.07, 6.45) is 0.404. The number of nitrogens with zero attached hydrogens (tertiary/aromatic N) is 2. The van der Waals surface area contributed by atoms with Crippen molar-refractivity contribution in [3.63, 3.8) is 0 Å². The van der Waals surface area contributed by atoms with Crippen LogP contribution in [0.1, 0.15) is 25.8 Å². The van der Waals surface area contributed by atoms with Crippen LogP contribution in [-0.4, -0.2) is 43.6 Å². The number of benzene rings is 1. The number of ketones is 1. The van der Waals surface area contributed by atoms with Crippen molar-refractivity contribution in [1.82, 2.24) is 5.32 Å². The molecule has 1 aromatic rings. The number of oxime groups is 1. The van der Waals surface area contributed by atoms with Crippen molar-refractivity contribution in [2.75, 3.05) is 19.1 Å². The fourth-order valence-electron chi connectivity index (χ4n) is 2.61. The van der Waals surface area contributed by atoms with Crippen LogP contribution in [0.4, 0.5) is 5.69 Å². The van der Waals surface area contributed by atoms with Crippen molar-refractivity contribution in [3.8, 4) is 0 Å². The Bertz CT molecular complexity index is 612. The largest absolute Gasteiger partial charge is 0.399 e. The molecule has 2 unspecified atom stereocenters. The van der Waals surface area contributed by atoms with Gasteiger partial charge in [0.15, 0.2) is 5.78 Å². The minimum atomic E-state index is -0.536. The van der Waals surface area contributed by atoms with Crippen LogP contribution in [0.3, 0.4) is 0 Å². The number of anilines is 1. The third-order valence-corrected chi connectivity index (χ3v) is 3.93. The van der Waals surface area contributed by atoms with Gasteiger partial charge in [0.2, 0.25) is 5.91 Å². The van der Waals surface area contributed by atoms with E-state index in [1.165, 1.54) is 14.0 Å². The first-order valence-corrected chi connectivity index (χ1v) is 7.21. The molecule has 1 heterocycles. The molecule has 0 fully saturated rings. The molecule has 0 bridgehead atoms. The third-order valence-electron chi connectivity index (χ3n) is 3.93. The number of likely N-dealkylation sites (N-methyl/N-ethyl adjacent to an activating group) is 1. The summed E-state index contributed by atoms with van der Waals surface area (Å²) in [5.41, 5.74) is 2.18. The zero-order chi connectivity index (χ0) is 16.3. The number of carbonyl (C=O) groups excluding carboxylic acids is 2. The number of Topliss-reactive ketones (excluding diaryl/α,β-unsaturated/α-hetero) is 1. The Morgan fingerprint density at radius 2 is 2.14 bits per heavy atom. The SMILES string of the molecule is CNC1C/C(=N\OC)c2ccccc2N(C(C)C(C)=O)C1=O. The van der Waals surface area contributed by atoms with Crippen LogP contribution >= 0.6 is 0 Å². The first kappa shape index (κ1) is 16.2. The highest BCUT2D eigenvalue weighted by molar-refractivity contribution is 6.15. The number of para-hydroxylation sites is 1. The van der Waals surface area contributed by atoms with E-state index in [9.17, 15) is 9.59 Å². The molecular formula is C16H21N3O3. The lowest BCUT2D eigenvalue weighted by molar-refractivity contribution is -0.124. The molecule has 0 saturated carbocycles. The lowest BCUT2D eigenvalue weighted by Crippen LogP contribution is -2.50. The molecule has 0 spiro atoms. The molecule has 22 heavy (non-hydrogen) atoms. The van der Waals surface area contributed by atoms with E-state index in [1.807, 2.05) is 24.3 Å². The fourth-order valence-corrected chi connectivity index (χ4v) is 2.61. The van der Waals surface area contributed by atoms with Crippen molar-refractivity contribution < 1.29 is 14.4 Å². The summed E-state index contributed by atoms with van der Waals surface area (Å²) in [6.45, 7) is 3.23. The average Bonchev–Trinajstić information content (AvgIpc) is 2.62. The lowest BCUT2D eigenvalue weighted by Gasteiger charge is -2.29. The Balaban J connectivity index is 2.64. The van der Waals surface area contributed by atoms with Crippen LogP contribution in [-0.2, 0) is 14.4 Å². The summed E-state index contributed by atoms with van der Waals surface area (Å²) < 4.78 is 0. The van der Waals surface area contributed by atoms with Gasteiger partial charge in [-0.25, -0.2) is 0 Å². The Kier molecular flexibility index (Phi) is 4.92. The number of hydrogen-bond donors (Lipinski definition) is 1. The van der Waals surface area contributed by atoms with Crippen LogP contribution in [0.15, 0.2) is 29.4 Å². The Labute approximate surface area is 130 Å². The minimum absolute atomic E-state index is 0.0647. The molecule has 2 atom stereocenters. The fraction of sp³-hybridized carbons (Fsp3) is 0.438. The molecule has 2 rings (SSSR count). The minimum Gasteiger partial charge on any atom is -0.399 e. The highest BCUT2D eigenvalue weighted by atomic mass is 16.6. The summed E-state index contributed by atoms with van der Waals surface area (Å²) in [6, 6.07) is 6.45. The van der Waals surface area contributed by atoms with Crippen LogP contribution < -0.4 is 10.2 Å². The lowest BCUT2D eigenvalue weighted by atomic mass is 10.0. The van der Waals surface area contributed by atoms with E-state index in [2.05, 4.69) is 10.5 Å². The smallest absolute Gasteiger partial charge is 0.245 e. The van der Waals surface area contributed by atoms with Crippen LogP contribution in [0, 0.1) is 0 Å². The normalized spacial score (nSPS) is 21.3. The molecule has 1 aliphatic rings. The molecule has 1 aliphatic heterocycles. The Morgan fingerprint density at radius 3 is 2.73 bits per heavy atom. The number of amides is 1. The zero-order valence-electron chi connectivity index (χ0n) is 13.3. The van der Waals surface area contributed by atoms with Gasteiger partial charge in [-0.3, -0.25) is 9.59 Å². The molecule has 1 amide bonds. The molecule has 1 N–H and O–H groups in total. The monoisotopic (exact) mass is 303 g/mol. The molecule has 6 nitrogen and oxygen atoms in total. The van der Waals surface area contributed by atoms with Gasteiger partial charge in [0.1, 0.15) is 7.11 Å². The maximum absolute atomic E-state index is 12.9. The van der Waals surface area contributed by atoms with Gasteiger partial charge in [0.25, 0.3) is 0 Å². The van der Waals surface area contributed by atoms with E-state index in [1.54, 1.807) is 18.9 Å². The van der Waals surface area contributed by atoms with Crippen LogP contribution in [0.5, 0.6) is 0 Å². The average molecular weight is 303 g/mol. The topological polar surface area (TPSA) is 71.0 Å². The Morgan fingerprint density at radius 1 is 1.45 bits per heavy atom. The van der Waals surface area contributed by atoms with Crippen molar-refractivity contribution in [3.05, 3.63) is 29.8 Å². The van der Waals surface area contributed by atoms with E-state index >= 15 is 0 Å². The number of hydrogen-bond acceptors (Lipinski definition) is 5. The molecule has 1 aromatic carbocycles. The van der Waals surface area contributed by atoms with Gasteiger partial charge in [-0.1, -0.05) is 23.4 Å². The van der Waals surface area contributed by atoms with E-state index in [4.69, 9.17) is 4.84 Å². The van der Waals surface area contributed by atoms with E-state index in [0.717, 1.165) is 5.56 Å². The van der Waals surface area contributed by atoms with Crippen molar-refractivity contribution in [1.29, 1.82) is 0 Å². The van der Waals surface area contributed by atoms with Gasteiger partial charge >= 0.3 is 0 Å². The highest BCUT2D eigenvalue weighted by Crippen LogP contribution is 2.29. The van der Waals surface area contributed by atoms with Gasteiger partial charge in [0, 0.05) is 12.0 Å². The summed E-state index contributed by atoms with van der Waals surface area (Å²) >= 11 is 0. The molecule has 0 saturated heterocycles. The summed E-state index contributed by atoms with van der Waals surface area (Å²) in [7, 11) is 3.20. The summed E-state index contributed by atoms with van der Waals surface area (Å²) in [5, 5.41) is 7.07. The van der Waals surface area contributed by atoms with Crippen molar-refractivity contribution >= 4 is 23.1 Å². The second-order valence-electron chi connectivity index (χ2n) is 5.28. The number of rotatable bonds is 4. The first-order valence-electron chi connectivity index (χ1n) is 7.21. The van der Waals surface area contributed by atoms with Gasteiger partial charge in [-0.2, -0.15) is 0 Å². The molecule has 0 aromatic heterocycles. The molecule has 118 valence electrons. The number of fused-ring (bicyclic) bond motifs is 1. The maximum atomic E-state index is 12.9. The number of nitrogens with one attached hydrogen (secondary N) is 1. The van der Waals surface area contributed by atoms with Crippen LogP contribution in [0.2, 0.25) is 0 Å². The van der Waals surface area contributed by atoms with Crippen LogP contribution in [0.25, 0.3) is 0 Å². The molecule has 6 heteroatoms. The molecule has 0 radical (unpaired) electrons. The van der Waals surface area contributed by atoms with E-state index in [-0.39, 0.29) is 11.7 Å². The second kappa shape index (κ2) is 6.70. The van der Waals surface area contributed by atoms with E-state index < -0.39 is 12.1 Å². The zero-order valence-corrected chi connectivity index (χ0v) is 13.3. The summed E-state index contributed by atoms with van der Waals surface area (Å²) in [5.74, 6) is -0.205. The van der Waals surface area contributed by atoms with Crippen molar-refractivity contribution in [2.45, 2.75) is 32.4 Å². The molecule has 0 aliphatic carbocycles. The highest BCUT2D eigenvalue weighted by Gasteiger charge is 2.36. The van der Waals surface area contributed by atoms with Crippen molar-refractivity contribution in [2.24, 2.45) is 5.16 Å². The van der Waals surface area contributed by atoms with Gasteiger partial charge in [-0.15, -0.1) is 0 Å². The van der Waals surface area contributed by atoms with Gasteiger partial charge < -0.3 is 15.1 Å². The second-order valence-corrected chi connectivity index (χ2v) is 5.28. The predicted molar refractivity (Wildman–Crippen MR) is 85.1 cm³/mol. The predicted octanol–water partition coefficient (Wildman–Crippen LogP) is 1.34. The van der Waals surface area contributed by atoms with E-state index in [0.29, 0.717) is 17.8 Å². The number of carbonyl (C=O) groups is 2. The standard InChI is InChI=1S/C16H21N3O3/c1-10(11(2)20)19-15-8-6-5-7-12(15)13(18-22-4)9-14(17-3)16(19)21/h5-8,10,14,17H,9H2,1-4H3/b18-13+. The van der Waals surface area contributed by atoms with Gasteiger partial charge in [0.05, 0.1) is 23.5 Å². The molecular weight excluding hydrogens is 282 g/mol. The third kappa shape index (κ3) is 2.87. The quantitative estimate of drug-likeness (QED) is 0.852. The summed E-state index contributed by atoms with van der Waals surface area (Å²) in [4.78, 5) is 31.2. The Hall–Kier alpha value is -2.21.